The zero-order valence-corrected chi connectivity index (χ0v) is 17.0. The highest BCUT2D eigenvalue weighted by Gasteiger charge is 2.31. The van der Waals surface area contributed by atoms with E-state index in [0.717, 1.165) is 5.69 Å². The van der Waals surface area contributed by atoms with Crippen molar-refractivity contribution in [3.05, 3.63) is 66.0 Å². The van der Waals surface area contributed by atoms with Crippen molar-refractivity contribution in [1.29, 1.82) is 0 Å². The van der Waals surface area contributed by atoms with E-state index in [1.54, 1.807) is 36.4 Å². The van der Waals surface area contributed by atoms with Gasteiger partial charge < -0.3 is 4.90 Å². The SMILES string of the molecule is O=CN(O)[C@@H](C#Cc1ccccc1)CS(=O)(=O)N1CCN(c2ccc(F)cc2)CC1. The molecule has 0 aliphatic carbocycles. The van der Waals surface area contributed by atoms with E-state index in [1.807, 2.05) is 11.0 Å². The minimum atomic E-state index is -3.77. The molecule has 2 aromatic carbocycles. The van der Waals surface area contributed by atoms with E-state index >= 15 is 0 Å². The first-order valence-electron chi connectivity index (χ1n) is 9.36. The molecule has 158 valence electrons. The third-order valence-electron chi connectivity index (χ3n) is 4.78. The van der Waals surface area contributed by atoms with E-state index in [4.69, 9.17) is 0 Å². The normalized spacial score (nSPS) is 15.7. The van der Waals surface area contributed by atoms with E-state index in [9.17, 15) is 22.8 Å². The number of rotatable bonds is 6. The number of carbonyl (C=O) groups is 1. The summed E-state index contributed by atoms with van der Waals surface area (Å²) in [4.78, 5) is 13.0. The van der Waals surface area contributed by atoms with Crippen LogP contribution in [0.5, 0.6) is 0 Å². The second-order valence-corrected chi connectivity index (χ2v) is 8.79. The van der Waals surface area contributed by atoms with Crippen LogP contribution in [0.25, 0.3) is 0 Å². The number of anilines is 1. The third-order valence-corrected chi connectivity index (χ3v) is 6.67. The Bertz CT molecular complexity index is 1010. The molecule has 3 rings (SSSR count). The minimum absolute atomic E-state index is 0.145. The maximum atomic E-state index is 13.1. The summed E-state index contributed by atoms with van der Waals surface area (Å²) in [5, 5.41) is 10.1. The number of piperazine rings is 1. The number of nitrogens with zero attached hydrogens (tertiary/aromatic N) is 3. The largest absolute Gasteiger partial charge is 0.369 e. The summed E-state index contributed by atoms with van der Waals surface area (Å²) in [5.41, 5.74) is 1.47. The minimum Gasteiger partial charge on any atom is -0.369 e. The van der Waals surface area contributed by atoms with Crippen LogP contribution in [0, 0.1) is 17.7 Å². The van der Waals surface area contributed by atoms with Gasteiger partial charge in [-0.05, 0) is 36.4 Å². The predicted molar refractivity (Wildman–Crippen MR) is 111 cm³/mol. The van der Waals surface area contributed by atoms with Crippen LogP contribution in [0.2, 0.25) is 0 Å². The lowest BCUT2D eigenvalue weighted by atomic mass is 10.2. The average Bonchev–Trinajstić information content (AvgIpc) is 2.77. The van der Waals surface area contributed by atoms with Crippen LogP contribution in [0.4, 0.5) is 10.1 Å². The molecule has 0 radical (unpaired) electrons. The van der Waals surface area contributed by atoms with Gasteiger partial charge in [0.15, 0.2) is 0 Å². The maximum absolute atomic E-state index is 13.1. The molecule has 1 aliphatic rings. The van der Waals surface area contributed by atoms with Crippen LogP contribution in [-0.2, 0) is 14.8 Å². The zero-order valence-electron chi connectivity index (χ0n) is 16.2. The van der Waals surface area contributed by atoms with Crippen molar-refractivity contribution in [3.63, 3.8) is 0 Å². The van der Waals surface area contributed by atoms with Crippen LogP contribution < -0.4 is 4.90 Å². The van der Waals surface area contributed by atoms with Crippen molar-refractivity contribution < 1.29 is 22.8 Å². The van der Waals surface area contributed by atoms with Crippen molar-refractivity contribution in [2.75, 3.05) is 36.8 Å². The van der Waals surface area contributed by atoms with Crippen molar-refractivity contribution in [2.45, 2.75) is 6.04 Å². The Kier molecular flexibility index (Phi) is 7.05. The Morgan fingerprint density at radius 2 is 1.70 bits per heavy atom. The van der Waals surface area contributed by atoms with Crippen LogP contribution in [0.3, 0.4) is 0 Å². The van der Waals surface area contributed by atoms with Crippen LogP contribution >= 0.6 is 0 Å². The van der Waals surface area contributed by atoms with Gasteiger partial charge in [-0.3, -0.25) is 10.0 Å². The second kappa shape index (κ2) is 9.71. The number of hydroxylamine groups is 2. The Balaban J connectivity index is 1.67. The van der Waals surface area contributed by atoms with Crippen LogP contribution in [-0.4, -0.2) is 67.4 Å². The molecular formula is C21H22FN3O4S. The summed E-state index contributed by atoms with van der Waals surface area (Å²) in [6.07, 6.45) is 0.145. The van der Waals surface area contributed by atoms with Gasteiger partial charge in [-0.1, -0.05) is 30.0 Å². The molecule has 0 unspecified atom stereocenters. The first-order chi connectivity index (χ1) is 14.4. The molecule has 1 fully saturated rings. The van der Waals surface area contributed by atoms with Crippen molar-refractivity contribution in [2.24, 2.45) is 0 Å². The van der Waals surface area contributed by atoms with E-state index in [-0.39, 0.29) is 30.4 Å². The van der Waals surface area contributed by atoms with Gasteiger partial charge in [-0.25, -0.2) is 17.9 Å². The number of amides is 1. The van der Waals surface area contributed by atoms with Gasteiger partial charge in [0, 0.05) is 37.4 Å². The molecule has 0 saturated carbocycles. The lowest BCUT2D eigenvalue weighted by Crippen LogP contribution is -2.51. The van der Waals surface area contributed by atoms with Crippen LogP contribution in [0.1, 0.15) is 5.56 Å². The fourth-order valence-electron chi connectivity index (χ4n) is 3.13. The second-order valence-electron chi connectivity index (χ2n) is 6.78. The lowest BCUT2D eigenvalue weighted by molar-refractivity contribution is -0.153. The van der Waals surface area contributed by atoms with Gasteiger partial charge >= 0.3 is 0 Å². The summed E-state index contributed by atoms with van der Waals surface area (Å²) in [7, 11) is -3.77. The van der Waals surface area contributed by atoms with Gasteiger partial charge in [-0.15, -0.1) is 0 Å². The van der Waals surface area contributed by atoms with Gasteiger partial charge in [0.2, 0.25) is 16.4 Å². The molecule has 1 saturated heterocycles. The molecule has 0 aromatic heterocycles. The number of halogens is 1. The highest BCUT2D eigenvalue weighted by molar-refractivity contribution is 7.89. The standard InChI is InChI=1S/C21H22FN3O4S/c22-19-7-10-20(11-8-19)23-12-14-24(15-13-23)30(28,29)16-21(25(27)17-26)9-6-18-4-2-1-3-5-18/h1-5,7-8,10-11,17,21,27H,12-16H2/t21-/m0/s1. The number of benzene rings is 2. The third kappa shape index (κ3) is 5.57. The first kappa shape index (κ1) is 21.8. The fraction of sp³-hybridized carbons (Fsp3) is 0.286. The van der Waals surface area contributed by atoms with Crippen molar-refractivity contribution in [3.8, 4) is 11.8 Å². The zero-order chi connectivity index (χ0) is 21.6. The number of hydrogen-bond acceptors (Lipinski definition) is 5. The highest BCUT2D eigenvalue weighted by Crippen LogP contribution is 2.18. The fourth-order valence-corrected chi connectivity index (χ4v) is 4.69. The smallest absolute Gasteiger partial charge is 0.234 e. The Morgan fingerprint density at radius 1 is 1.07 bits per heavy atom. The van der Waals surface area contributed by atoms with E-state index in [0.29, 0.717) is 18.7 Å². The summed E-state index contributed by atoms with van der Waals surface area (Å²) < 4.78 is 40.1. The van der Waals surface area contributed by atoms with E-state index in [2.05, 4.69) is 11.8 Å². The molecular weight excluding hydrogens is 409 g/mol. The molecule has 9 heteroatoms. The Hall–Kier alpha value is -2.93. The van der Waals surface area contributed by atoms with E-state index in [1.165, 1.54) is 16.4 Å². The molecule has 1 atom stereocenters. The molecule has 0 spiro atoms. The molecule has 1 heterocycles. The topological polar surface area (TPSA) is 81.2 Å². The predicted octanol–water partition coefficient (Wildman–Crippen LogP) is 1.55. The molecule has 1 amide bonds. The first-order valence-corrected chi connectivity index (χ1v) is 11.0. The molecule has 30 heavy (non-hydrogen) atoms. The Labute approximate surface area is 175 Å². The van der Waals surface area contributed by atoms with Gasteiger partial charge in [0.1, 0.15) is 11.9 Å². The molecule has 2 aromatic rings. The average molecular weight is 431 g/mol. The van der Waals surface area contributed by atoms with Crippen LogP contribution in [0.15, 0.2) is 54.6 Å². The van der Waals surface area contributed by atoms with E-state index < -0.39 is 21.8 Å². The highest BCUT2D eigenvalue weighted by atomic mass is 32.2. The summed E-state index contributed by atoms with van der Waals surface area (Å²) >= 11 is 0. The number of hydrogen-bond donors (Lipinski definition) is 1. The number of sulfonamides is 1. The molecule has 1 N–H and O–H groups in total. The van der Waals surface area contributed by atoms with Crippen molar-refractivity contribution in [1.82, 2.24) is 9.37 Å². The molecule has 1 aliphatic heterocycles. The maximum Gasteiger partial charge on any atom is 0.234 e. The monoisotopic (exact) mass is 431 g/mol. The quantitative estimate of drug-likeness (QED) is 0.325. The van der Waals surface area contributed by atoms with Gasteiger partial charge in [0.25, 0.3) is 0 Å². The van der Waals surface area contributed by atoms with Gasteiger partial charge in [-0.2, -0.15) is 4.31 Å². The number of carbonyl (C=O) groups excluding carboxylic acids is 1. The van der Waals surface area contributed by atoms with Crippen molar-refractivity contribution >= 4 is 22.1 Å². The molecule has 0 bridgehead atoms. The molecule has 7 nitrogen and oxygen atoms in total. The summed E-state index contributed by atoms with van der Waals surface area (Å²) in [6, 6.07) is 13.7. The summed E-state index contributed by atoms with van der Waals surface area (Å²) in [5.74, 6) is 4.61. The Morgan fingerprint density at radius 3 is 2.30 bits per heavy atom. The lowest BCUT2D eigenvalue weighted by Gasteiger charge is -2.36. The van der Waals surface area contributed by atoms with Gasteiger partial charge in [0.05, 0.1) is 5.75 Å². The summed E-state index contributed by atoms with van der Waals surface area (Å²) in [6.45, 7) is 1.37.